The SMILES string of the molecule is COc1cccc(CN(C)c2cc(Cl)nc(C(C)C)n2)c1. The van der Waals surface area contributed by atoms with Gasteiger partial charge in [0.25, 0.3) is 0 Å². The molecule has 0 aliphatic heterocycles. The van der Waals surface area contributed by atoms with E-state index < -0.39 is 0 Å². The van der Waals surface area contributed by atoms with Gasteiger partial charge in [-0.05, 0) is 17.7 Å². The predicted molar refractivity (Wildman–Crippen MR) is 86.2 cm³/mol. The van der Waals surface area contributed by atoms with Crippen LogP contribution >= 0.6 is 11.6 Å². The fourth-order valence-corrected chi connectivity index (χ4v) is 2.19. The zero-order valence-electron chi connectivity index (χ0n) is 12.8. The largest absolute Gasteiger partial charge is 0.497 e. The molecule has 0 radical (unpaired) electrons. The second-order valence-corrected chi connectivity index (χ2v) is 5.66. The van der Waals surface area contributed by atoms with E-state index in [0.29, 0.717) is 5.15 Å². The molecule has 0 N–H and O–H groups in total. The summed E-state index contributed by atoms with van der Waals surface area (Å²) >= 11 is 6.09. The second kappa shape index (κ2) is 6.76. The summed E-state index contributed by atoms with van der Waals surface area (Å²) in [4.78, 5) is 10.9. The van der Waals surface area contributed by atoms with E-state index in [0.717, 1.165) is 29.5 Å². The van der Waals surface area contributed by atoms with Crippen molar-refractivity contribution in [2.24, 2.45) is 0 Å². The van der Waals surface area contributed by atoms with Gasteiger partial charge in [-0.2, -0.15) is 0 Å². The molecule has 2 rings (SSSR count). The second-order valence-electron chi connectivity index (χ2n) is 5.27. The lowest BCUT2D eigenvalue weighted by Crippen LogP contribution is -2.19. The summed E-state index contributed by atoms with van der Waals surface area (Å²) in [7, 11) is 3.66. The van der Waals surface area contributed by atoms with Crippen LogP contribution in [0.4, 0.5) is 5.82 Å². The number of halogens is 1. The minimum Gasteiger partial charge on any atom is -0.497 e. The molecule has 1 heterocycles. The molecule has 112 valence electrons. The number of hydrogen-bond donors (Lipinski definition) is 0. The van der Waals surface area contributed by atoms with Gasteiger partial charge in [-0.3, -0.25) is 0 Å². The molecule has 0 saturated heterocycles. The van der Waals surface area contributed by atoms with Gasteiger partial charge in [-0.1, -0.05) is 37.6 Å². The van der Waals surface area contributed by atoms with Gasteiger partial charge in [0.05, 0.1) is 7.11 Å². The van der Waals surface area contributed by atoms with Crippen LogP contribution in [0.2, 0.25) is 5.15 Å². The Morgan fingerprint density at radius 3 is 2.67 bits per heavy atom. The lowest BCUT2D eigenvalue weighted by molar-refractivity contribution is 0.414. The standard InChI is InChI=1S/C16H20ClN3O/c1-11(2)16-18-14(17)9-15(19-16)20(3)10-12-6-5-7-13(8-12)21-4/h5-9,11H,10H2,1-4H3. The summed E-state index contributed by atoms with van der Waals surface area (Å²) in [6.07, 6.45) is 0. The topological polar surface area (TPSA) is 38.2 Å². The Kier molecular flexibility index (Phi) is 5.02. The van der Waals surface area contributed by atoms with Crippen LogP contribution in [-0.4, -0.2) is 24.1 Å². The average molecular weight is 306 g/mol. The van der Waals surface area contributed by atoms with E-state index in [1.165, 1.54) is 0 Å². The number of rotatable bonds is 5. The fraction of sp³-hybridized carbons (Fsp3) is 0.375. The lowest BCUT2D eigenvalue weighted by atomic mass is 10.2. The molecule has 0 amide bonds. The van der Waals surface area contributed by atoms with E-state index in [-0.39, 0.29) is 5.92 Å². The highest BCUT2D eigenvalue weighted by molar-refractivity contribution is 6.29. The molecule has 4 nitrogen and oxygen atoms in total. The fourth-order valence-electron chi connectivity index (χ4n) is 2.00. The highest BCUT2D eigenvalue weighted by atomic mass is 35.5. The van der Waals surface area contributed by atoms with Crippen LogP contribution in [0.1, 0.15) is 31.2 Å². The van der Waals surface area contributed by atoms with Crippen molar-refractivity contribution >= 4 is 17.4 Å². The predicted octanol–water partition coefficient (Wildman–Crippen LogP) is 3.90. The molecule has 2 aromatic rings. The molecule has 0 atom stereocenters. The molecule has 21 heavy (non-hydrogen) atoms. The first kappa shape index (κ1) is 15.6. The van der Waals surface area contributed by atoms with Gasteiger partial charge in [0, 0.05) is 25.6 Å². The molecular formula is C16H20ClN3O. The summed E-state index contributed by atoms with van der Waals surface area (Å²) in [5.74, 6) is 2.67. The summed E-state index contributed by atoms with van der Waals surface area (Å²) in [6.45, 7) is 4.83. The first-order valence-corrected chi connectivity index (χ1v) is 7.26. The number of ether oxygens (including phenoxy) is 1. The third-order valence-electron chi connectivity index (χ3n) is 3.16. The Morgan fingerprint density at radius 2 is 2.00 bits per heavy atom. The van der Waals surface area contributed by atoms with Crippen LogP contribution in [0.3, 0.4) is 0 Å². The number of aromatic nitrogens is 2. The van der Waals surface area contributed by atoms with E-state index in [2.05, 4.69) is 29.9 Å². The number of anilines is 1. The van der Waals surface area contributed by atoms with Crippen LogP contribution in [0.25, 0.3) is 0 Å². The molecule has 1 aromatic heterocycles. The monoisotopic (exact) mass is 305 g/mol. The zero-order chi connectivity index (χ0) is 15.4. The van der Waals surface area contributed by atoms with Crippen molar-refractivity contribution in [2.45, 2.75) is 26.3 Å². The molecule has 0 aliphatic rings. The van der Waals surface area contributed by atoms with Crippen LogP contribution < -0.4 is 9.64 Å². The Bertz CT molecular complexity index is 616. The van der Waals surface area contributed by atoms with E-state index >= 15 is 0 Å². The van der Waals surface area contributed by atoms with E-state index in [4.69, 9.17) is 16.3 Å². The smallest absolute Gasteiger partial charge is 0.135 e. The zero-order valence-corrected chi connectivity index (χ0v) is 13.6. The van der Waals surface area contributed by atoms with Crippen molar-refractivity contribution in [2.75, 3.05) is 19.1 Å². The van der Waals surface area contributed by atoms with Crippen LogP contribution in [0.5, 0.6) is 5.75 Å². The van der Waals surface area contributed by atoms with Gasteiger partial charge in [-0.15, -0.1) is 0 Å². The minimum atomic E-state index is 0.243. The van der Waals surface area contributed by atoms with Gasteiger partial charge in [0.2, 0.25) is 0 Å². The molecule has 0 bridgehead atoms. The summed E-state index contributed by atoms with van der Waals surface area (Å²) < 4.78 is 5.25. The molecule has 5 heteroatoms. The van der Waals surface area contributed by atoms with Crippen molar-refractivity contribution in [1.82, 2.24) is 9.97 Å². The van der Waals surface area contributed by atoms with Gasteiger partial charge in [-0.25, -0.2) is 9.97 Å². The average Bonchev–Trinajstić information content (AvgIpc) is 2.46. The Hall–Kier alpha value is -1.81. The van der Waals surface area contributed by atoms with Gasteiger partial charge in [0.1, 0.15) is 22.5 Å². The third kappa shape index (κ3) is 4.08. The Morgan fingerprint density at radius 1 is 1.24 bits per heavy atom. The summed E-state index contributed by atoms with van der Waals surface area (Å²) in [6, 6.07) is 9.78. The van der Waals surface area contributed by atoms with Gasteiger partial charge < -0.3 is 9.64 Å². The lowest BCUT2D eigenvalue weighted by Gasteiger charge is -2.20. The van der Waals surface area contributed by atoms with Crippen LogP contribution in [-0.2, 0) is 6.54 Å². The van der Waals surface area contributed by atoms with Crippen molar-refractivity contribution in [3.63, 3.8) is 0 Å². The van der Waals surface area contributed by atoms with Gasteiger partial charge in [0.15, 0.2) is 0 Å². The normalized spacial score (nSPS) is 10.8. The summed E-state index contributed by atoms with van der Waals surface area (Å²) in [5, 5.41) is 0.473. The molecule has 1 aromatic carbocycles. The number of hydrogen-bond acceptors (Lipinski definition) is 4. The Balaban J connectivity index is 2.21. The number of methoxy groups -OCH3 is 1. The van der Waals surface area contributed by atoms with Crippen molar-refractivity contribution in [3.05, 3.63) is 46.9 Å². The maximum atomic E-state index is 6.09. The Labute approximate surface area is 130 Å². The quantitative estimate of drug-likeness (QED) is 0.785. The highest BCUT2D eigenvalue weighted by Crippen LogP contribution is 2.21. The van der Waals surface area contributed by atoms with Crippen LogP contribution in [0, 0.1) is 0 Å². The first-order chi connectivity index (χ1) is 9.99. The minimum absolute atomic E-state index is 0.243. The summed E-state index contributed by atoms with van der Waals surface area (Å²) in [5.41, 5.74) is 1.15. The highest BCUT2D eigenvalue weighted by Gasteiger charge is 2.11. The molecule has 0 fully saturated rings. The molecule has 0 aliphatic carbocycles. The van der Waals surface area contributed by atoms with Crippen molar-refractivity contribution < 1.29 is 4.74 Å². The number of benzene rings is 1. The number of nitrogens with zero attached hydrogens (tertiary/aromatic N) is 3. The maximum Gasteiger partial charge on any atom is 0.135 e. The van der Waals surface area contributed by atoms with Crippen molar-refractivity contribution in [1.29, 1.82) is 0 Å². The van der Waals surface area contributed by atoms with Crippen molar-refractivity contribution in [3.8, 4) is 5.75 Å². The molecule has 0 saturated carbocycles. The third-order valence-corrected chi connectivity index (χ3v) is 3.35. The molecular weight excluding hydrogens is 286 g/mol. The van der Waals surface area contributed by atoms with E-state index in [1.54, 1.807) is 13.2 Å². The maximum absolute atomic E-state index is 6.09. The van der Waals surface area contributed by atoms with E-state index in [9.17, 15) is 0 Å². The van der Waals surface area contributed by atoms with Gasteiger partial charge >= 0.3 is 0 Å². The van der Waals surface area contributed by atoms with Crippen LogP contribution in [0.15, 0.2) is 30.3 Å². The first-order valence-electron chi connectivity index (χ1n) is 6.88. The van der Waals surface area contributed by atoms with E-state index in [1.807, 2.05) is 30.1 Å². The molecule has 0 spiro atoms. The molecule has 0 unspecified atom stereocenters.